The molecule has 2 heterocycles. The van der Waals surface area contributed by atoms with Crippen LogP contribution in [0.3, 0.4) is 0 Å². The number of nitrogens with zero attached hydrogens (tertiary/aromatic N) is 3. The molecule has 0 saturated heterocycles. The fraction of sp³-hybridized carbons (Fsp3) is 0.235. The molecule has 0 aliphatic heterocycles. The molecular weight excluding hydrogens is 292 g/mol. The number of hydrogen-bond acceptors (Lipinski definition) is 4. The molecule has 0 aliphatic rings. The highest BCUT2D eigenvalue weighted by molar-refractivity contribution is 5.92. The van der Waals surface area contributed by atoms with Gasteiger partial charge in [-0.3, -0.25) is 9.78 Å². The number of pyridine rings is 1. The van der Waals surface area contributed by atoms with Crippen molar-refractivity contribution in [2.45, 2.75) is 26.6 Å². The van der Waals surface area contributed by atoms with E-state index in [1.54, 1.807) is 12.1 Å². The van der Waals surface area contributed by atoms with Crippen molar-refractivity contribution in [3.8, 4) is 0 Å². The van der Waals surface area contributed by atoms with E-state index in [2.05, 4.69) is 19.9 Å². The molecule has 0 saturated carbocycles. The summed E-state index contributed by atoms with van der Waals surface area (Å²) in [6.45, 7) is 3.04. The van der Waals surface area contributed by atoms with E-state index >= 15 is 0 Å². The number of hydrogen-bond donors (Lipinski definition) is 2. The third-order valence-electron chi connectivity index (χ3n) is 3.70. The quantitative estimate of drug-likeness (QED) is 0.754. The summed E-state index contributed by atoms with van der Waals surface area (Å²) in [7, 11) is 0. The van der Waals surface area contributed by atoms with Crippen LogP contribution in [-0.4, -0.2) is 25.5 Å². The van der Waals surface area contributed by atoms with E-state index in [1.807, 2.05) is 31.2 Å². The third kappa shape index (κ3) is 3.07. The normalized spacial score (nSPS) is 10.9. The predicted molar refractivity (Wildman–Crippen MR) is 86.7 cm³/mol. The first-order valence-electron chi connectivity index (χ1n) is 7.51. The lowest BCUT2D eigenvalue weighted by molar-refractivity contribution is 0.0944. The van der Waals surface area contributed by atoms with E-state index in [-0.39, 0.29) is 18.2 Å². The van der Waals surface area contributed by atoms with Crippen molar-refractivity contribution in [3.05, 3.63) is 59.7 Å². The lowest BCUT2D eigenvalue weighted by Crippen LogP contribution is -2.25. The second-order valence-electron chi connectivity index (χ2n) is 5.15. The fourth-order valence-corrected chi connectivity index (χ4v) is 2.56. The van der Waals surface area contributed by atoms with Gasteiger partial charge in [0.15, 0.2) is 0 Å². The van der Waals surface area contributed by atoms with E-state index in [0.29, 0.717) is 12.1 Å². The predicted octanol–water partition coefficient (Wildman–Crippen LogP) is 1.87. The Bertz CT molecular complexity index is 841. The number of carbonyl (C=O) groups is 1. The SMILES string of the molecule is CCn1c(CNC(=O)c2cc(CO)ccn2)nc2ccccc21. The smallest absolute Gasteiger partial charge is 0.270 e. The van der Waals surface area contributed by atoms with E-state index in [0.717, 1.165) is 23.4 Å². The van der Waals surface area contributed by atoms with Crippen LogP contribution in [0.15, 0.2) is 42.6 Å². The number of aryl methyl sites for hydroxylation is 1. The second kappa shape index (κ2) is 6.58. The van der Waals surface area contributed by atoms with Crippen LogP contribution in [0, 0.1) is 0 Å². The van der Waals surface area contributed by atoms with Gasteiger partial charge in [0.25, 0.3) is 5.91 Å². The van der Waals surface area contributed by atoms with E-state index in [4.69, 9.17) is 5.11 Å². The van der Waals surface area contributed by atoms with Crippen molar-refractivity contribution >= 4 is 16.9 Å². The zero-order valence-electron chi connectivity index (χ0n) is 12.9. The minimum atomic E-state index is -0.282. The molecule has 23 heavy (non-hydrogen) atoms. The maximum Gasteiger partial charge on any atom is 0.270 e. The highest BCUT2D eigenvalue weighted by atomic mass is 16.3. The molecule has 3 rings (SSSR count). The van der Waals surface area contributed by atoms with Crippen LogP contribution >= 0.6 is 0 Å². The number of amides is 1. The average Bonchev–Trinajstić information content (AvgIpc) is 2.97. The van der Waals surface area contributed by atoms with Gasteiger partial charge in [-0.2, -0.15) is 0 Å². The molecule has 2 aromatic heterocycles. The molecule has 0 bridgehead atoms. The third-order valence-corrected chi connectivity index (χ3v) is 3.70. The lowest BCUT2D eigenvalue weighted by atomic mass is 10.2. The van der Waals surface area contributed by atoms with Gasteiger partial charge in [0.1, 0.15) is 11.5 Å². The maximum atomic E-state index is 12.2. The zero-order valence-corrected chi connectivity index (χ0v) is 12.9. The van der Waals surface area contributed by atoms with Crippen molar-refractivity contribution in [1.82, 2.24) is 19.9 Å². The van der Waals surface area contributed by atoms with E-state index < -0.39 is 0 Å². The second-order valence-corrected chi connectivity index (χ2v) is 5.15. The maximum absolute atomic E-state index is 12.2. The number of carbonyl (C=O) groups excluding carboxylic acids is 1. The fourth-order valence-electron chi connectivity index (χ4n) is 2.56. The van der Waals surface area contributed by atoms with Crippen LogP contribution < -0.4 is 5.32 Å². The summed E-state index contributed by atoms with van der Waals surface area (Å²) < 4.78 is 2.08. The minimum Gasteiger partial charge on any atom is -0.392 e. The summed E-state index contributed by atoms with van der Waals surface area (Å²) in [6, 6.07) is 11.2. The number of aliphatic hydroxyl groups excluding tert-OH is 1. The van der Waals surface area contributed by atoms with Gasteiger partial charge >= 0.3 is 0 Å². The van der Waals surface area contributed by atoms with Crippen LogP contribution in [0.25, 0.3) is 11.0 Å². The summed E-state index contributed by atoms with van der Waals surface area (Å²) in [5, 5.41) is 12.0. The Balaban J connectivity index is 1.78. The van der Waals surface area contributed by atoms with Gasteiger partial charge in [-0.05, 0) is 36.8 Å². The van der Waals surface area contributed by atoms with Crippen molar-refractivity contribution in [2.75, 3.05) is 0 Å². The topological polar surface area (TPSA) is 80.0 Å². The first-order chi connectivity index (χ1) is 11.2. The summed E-state index contributed by atoms with van der Waals surface area (Å²) >= 11 is 0. The monoisotopic (exact) mass is 310 g/mol. The van der Waals surface area contributed by atoms with Gasteiger partial charge in [-0.1, -0.05) is 12.1 Å². The van der Waals surface area contributed by atoms with Crippen molar-refractivity contribution < 1.29 is 9.90 Å². The summed E-state index contributed by atoms with van der Waals surface area (Å²) in [5.41, 5.74) is 2.92. The zero-order chi connectivity index (χ0) is 16.2. The summed E-state index contributed by atoms with van der Waals surface area (Å²) in [6.07, 6.45) is 1.52. The van der Waals surface area contributed by atoms with Gasteiger partial charge in [0.05, 0.1) is 24.2 Å². The molecule has 0 spiro atoms. The Kier molecular flexibility index (Phi) is 4.34. The Labute approximate surface area is 133 Å². The summed E-state index contributed by atoms with van der Waals surface area (Å²) in [5.74, 6) is 0.523. The van der Waals surface area contributed by atoms with Crippen LogP contribution in [0.4, 0.5) is 0 Å². The number of rotatable bonds is 5. The van der Waals surface area contributed by atoms with Gasteiger partial charge in [0, 0.05) is 12.7 Å². The van der Waals surface area contributed by atoms with E-state index in [9.17, 15) is 4.79 Å². The molecule has 1 aromatic carbocycles. The molecule has 0 aliphatic carbocycles. The Morgan fingerprint density at radius 3 is 2.91 bits per heavy atom. The van der Waals surface area contributed by atoms with Crippen LogP contribution in [0.2, 0.25) is 0 Å². The number of nitrogens with one attached hydrogen (secondary N) is 1. The molecule has 1 amide bonds. The molecule has 0 fully saturated rings. The Hall–Kier alpha value is -2.73. The highest BCUT2D eigenvalue weighted by Crippen LogP contribution is 2.15. The molecule has 2 N–H and O–H groups in total. The number of fused-ring (bicyclic) bond motifs is 1. The van der Waals surface area contributed by atoms with Gasteiger partial charge in [0.2, 0.25) is 0 Å². The first-order valence-corrected chi connectivity index (χ1v) is 7.51. The number of aliphatic hydroxyl groups is 1. The number of imidazole rings is 1. The van der Waals surface area contributed by atoms with Crippen molar-refractivity contribution in [1.29, 1.82) is 0 Å². The van der Waals surface area contributed by atoms with Crippen molar-refractivity contribution in [2.24, 2.45) is 0 Å². The highest BCUT2D eigenvalue weighted by Gasteiger charge is 2.12. The molecule has 0 radical (unpaired) electrons. The molecular formula is C17H18N4O2. The largest absolute Gasteiger partial charge is 0.392 e. The molecule has 0 atom stereocenters. The average molecular weight is 310 g/mol. The van der Waals surface area contributed by atoms with Crippen LogP contribution in [0.1, 0.15) is 28.8 Å². The standard InChI is InChI=1S/C17H18N4O2/c1-2-21-15-6-4-3-5-13(15)20-16(21)10-19-17(23)14-9-12(11-22)7-8-18-14/h3-9,22H,2,10-11H2,1H3,(H,19,23). The number of para-hydroxylation sites is 2. The Morgan fingerprint density at radius 1 is 1.30 bits per heavy atom. The first kappa shape index (κ1) is 15.2. The molecule has 3 aromatic rings. The van der Waals surface area contributed by atoms with Crippen LogP contribution in [-0.2, 0) is 19.7 Å². The Morgan fingerprint density at radius 2 is 2.13 bits per heavy atom. The number of benzene rings is 1. The number of aromatic nitrogens is 3. The van der Waals surface area contributed by atoms with Gasteiger partial charge < -0.3 is 15.0 Å². The minimum absolute atomic E-state index is 0.117. The molecule has 0 unspecified atom stereocenters. The van der Waals surface area contributed by atoms with Crippen LogP contribution in [0.5, 0.6) is 0 Å². The van der Waals surface area contributed by atoms with Crippen molar-refractivity contribution in [3.63, 3.8) is 0 Å². The summed E-state index contributed by atoms with van der Waals surface area (Å²) in [4.78, 5) is 20.8. The van der Waals surface area contributed by atoms with Gasteiger partial charge in [-0.25, -0.2) is 4.98 Å². The molecule has 6 heteroatoms. The van der Waals surface area contributed by atoms with E-state index in [1.165, 1.54) is 6.20 Å². The molecule has 118 valence electrons. The lowest BCUT2D eigenvalue weighted by Gasteiger charge is -2.08. The van der Waals surface area contributed by atoms with Gasteiger partial charge in [-0.15, -0.1) is 0 Å². The molecule has 6 nitrogen and oxygen atoms in total.